The number of ether oxygens (including phenoxy) is 1. The van der Waals surface area contributed by atoms with Gasteiger partial charge in [0.25, 0.3) is 0 Å². The predicted molar refractivity (Wildman–Crippen MR) is 94.0 cm³/mol. The lowest BCUT2D eigenvalue weighted by Crippen LogP contribution is -2.29. The minimum absolute atomic E-state index is 0.0423. The van der Waals surface area contributed by atoms with Crippen molar-refractivity contribution in [2.24, 2.45) is 0 Å². The highest BCUT2D eigenvalue weighted by molar-refractivity contribution is 5.96. The second-order valence-corrected chi connectivity index (χ2v) is 6.41. The maximum absolute atomic E-state index is 11.3. The van der Waals surface area contributed by atoms with Crippen LogP contribution in [0.4, 0.5) is 0 Å². The van der Waals surface area contributed by atoms with Crippen LogP contribution in [0.2, 0.25) is 0 Å². The van der Waals surface area contributed by atoms with Gasteiger partial charge in [-0.25, -0.2) is 0 Å². The normalized spacial score (nSPS) is 15.0. The molecule has 0 atom stereocenters. The van der Waals surface area contributed by atoms with Gasteiger partial charge >= 0.3 is 0 Å². The van der Waals surface area contributed by atoms with E-state index in [1.165, 1.54) is 44.8 Å². The van der Waals surface area contributed by atoms with Gasteiger partial charge in [-0.05, 0) is 57.0 Å². The molecule has 1 amide bonds. The Hall–Kier alpha value is -1.88. The highest BCUT2D eigenvalue weighted by atomic mass is 16.5. The molecule has 0 aliphatic carbocycles. The van der Waals surface area contributed by atoms with Crippen molar-refractivity contribution in [3.63, 3.8) is 0 Å². The first-order valence-corrected chi connectivity index (χ1v) is 8.84. The summed E-state index contributed by atoms with van der Waals surface area (Å²) >= 11 is 0. The van der Waals surface area contributed by atoms with Crippen LogP contribution in [0.25, 0.3) is 0 Å². The number of carbonyl (C=O) groups excluding carboxylic acids is 2. The fraction of sp³-hybridized carbons (Fsp3) is 0.579. The van der Waals surface area contributed by atoms with E-state index in [1.807, 2.05) is 12.1 Å². The van der Waals surface area contributed by atoms with Crippen LogP contribution in [-0.2, 0) is 16.1 Å². The van der Waals surface area contributed by atoms with Gasteiger partial charge in [0.05, 0.1) is 13.0 Å². The van der Waals surface area contributed by atoms with Gasteiger partial charge in [-0.1, -0.05) is 18.6 Å². The number of ketones is 1. The molecular formula is C19H28N2O3. The first-order chi connectivity index (χ1) is 11.6. The Morgan fingerprint density at radius 3 is 2.75 bits per heavy atom. The van der Waals surface area contributed by atoms with Gasteiger partial charge in [0, 0.05) is 13.1 Å². The molecule has 0 spiro atoms. The number of hydrogen-bond acceptors (Lipinski definition) is 4. The number of nitrogens with one attached hydrogen (secondary N) is 1. The number of Topliss-reactive ketones (excluding diaryl/α,β-unsaturated/α-hetero) is 1. The minimum atomic E-state index is -0.217. The third-order valence-corrected chi connectivity index (χ3v) is 4.07. The fourth-order valence-corrected chi connectivity index (χ4v) is 2.89. The van der Waals surface area contributed by atoms with Gasteiger partial charge in [-0.3, -0.25) is 14.5 Å². The Labute approximate surface area is 144 Å². The van der Waals surface area contributed by atoms with E-state index in [2.05, 4.69) is 22.3 Å². The van der Waals surface area contributed by atoms with Crippen molar-refractivity contribution in [2.45, 2.75) is 45.6 Å². The Morgan fingerprint density at radius 2 is 2.00 bits per heavy atom. The molecule has 0 bridgehead atoms. The van der Waals surface area contributed by atoms with E-state index in [0.717, 1.165) is 18.7 Å². The molecule has 24 heavy (non-hydrogen) atoms. The Kier molecular flexibility index (Phi) is 7.75. The second-order valence-electron chi connectivity index (χ2n) is 6.41. The van der Waals surface area contributed by atoms with Crippen LogP contribution >= 0.6 is 0 Å². The quantitative estimate of drug-likeness (QED) is 0.558. The summed E-state index contributed by atoms with van der Waals surface area (Å²) in [7, 11) is 0. The average molecular weight is 332 g/mol. The molecule has 5 heteroatoms. The summed E-state index contributed by atoms with van der Waals surface area (Å²) in [6.07, 6.45) is 4.62. The van der Waals surface area contributed by atoms with Crippen LogP contribution in [0.1, 0.15) is 44.6 Å². The molecule has 1 heterocycles. The van der Waals surface area contributed by atoms with Gasteiger partial charge in [0.15, 0.2) is 0 Å². The number of likely N-dealkylation sites (tertiary alicyclic amines) is 1. The molecule has 1 aromatic carbocycles. The highest BCUT2D eigenvalue weighted by Gasteiger charge is 2.10. The SMILES string of the molecule is CC(=O)CC(=O)NCCCOc1cccc(CN2CCCCC2)c1. The molecule has 0 radical (unpaired) electrons. The van der Waals surface area contributed by atoms with E-state index in [1.54, 1.807) is 0 Å². The van der Waals surface area contributed by atoms with Crippen LogP contribution in [-0.4, -0.2) is 42.8 Å². The van der Waals surface area contributed by atoms with Crippen LogP contribution in [0.5, 0.6) is 5.75 Å². The molecule has 5 nitrogen and oxygen atoms in total. The van der Waals surface area contributed by atoms with E-state index in [0.29, 0.717) is 13.2 Å². The molecule has 1 aromatic rings. The minimum Gasteiger partial charge on any atom is -0.494 e. The first kappa shape index (κ1) is 18.5. The number of hydrogen-bond donors (Lipinski definition) is 1. The van der Waals surface area contributed by atoms with Crippen molar-refractivity contribution in [2.75, 3.05) is 26.2 Å². The summed E-state index contributed by atoms with van der Waals surface area (Å²) in [5.41, 5.74) is 1.28. The molecule has 0 aromatic heterocycles. The van der Waals surface area contributed by atoms with Gasteiger partial charge in [-0.15, -0.1) is 0 Å². The fourth-order valence-electron chi connectivity index (χ4n) is 2.89. The predicted octanol–water partition coefficient (Wildman–Crippen LogP) is 2.54. The van der Waals surface area contributed by atoms with E-state index < -0.39 is 0 Å². The monoisotopic (exact) mass is 332 g/mol. The van der Waals surface area contributed by atoms with Crippen LogP contribution < -0.4 is 10.1 Å². The summed E-state index contributed by atoms with van der Waals surface area (Å²) in [5.74, 6) is 0.542. The topological polar surface area (TPSA) is 58.6 Å². The zero-order valence-corrected chi connectivity index (χ0v) is 14.6. The molecule has 1 aliphatic heterocycles. The molecule has 0 unspecified atom stereocenters. The maximum Gasteiger partial charge on any atom is 0.227 e. The van der Waals surface area contributed by atoms with E-state index in [9.17, 15) is 9.59 Å². The summed E-state index contributed by atoms with van der Waals surface area (Å²) < 4.78 is 5.76. The molecular weight excluding hydrogens is 304 g/mol. The lowest BCUT2D eigenvalue weighted by atomic mass is 10.1. The van der Waals surface area contributed by atoms with Crippen molar-refractivity contribution in [3.05, 3.63) is 29.8 Å². The largest absolute Gasteiger partial charge is 0.494 e. The van der Waals surface area contributed by atoms with E-state index in [-0.39, 0.29) is 18.1 Å². The maximum atomic E-state index is 11.3. The van der Waals surface area contributed by atoms with Crippen LogP contribution in [0.3, 0.4) is 0 Å². The molecule has 0 saturated carbocycles. The zero-order chi connectivity index (χ0) is 17.2. The average Bonchev–Trinajstić information content (AvgIpc) is 2.55. The van der Waals surface area contributed by atoms with Gasteiger partial charge < -0.3 is 10.1 Å². The molecule has 132 valence electrons. The van der Waals surface area contributed by atoms with Crippen molar-refractivity contribution in [1.82, 2.24) is 10.2 Å². The molecule has 1 aliphatic rings. The lowest BCUT2D eigenvalue weighted by molar-refractivity contribution is -0.127. The second kappa shape index (κ2) is 10.1. The third-order valence-electron chi connectivity index (χ3n) is 4.07. The van der Waals surface area contributed by atoms with Gasteiger partial charge in [0.2, 0.25) is 5.91 Å². The Bertz CT molecular complexity index is 539. The smallest absolute Gasteiger partial charge is 0.227 e. The summed E-state index contributed by atoms with van der Waals surface area (Å²) in [6, 6.07) is 8.24. The molecule has 1 fully saturated rings. The lowest BCUT2D eigenvalue weighted by Gasteiger charge is -2.26. The number of nitrogens with zero attached hydrogens (tertiary/aromatic N) is 1. The summed E-state index contributed by atoms with van der Waals surface area (Å²) in [5, 5.41) is 2.72. The van der Waals surface area contributed by atoms with Gasteiger partial charge in [-0.2, -0.15) is 0 Å². The van der Waals surface area contributed by atoms with Crippen LogP contribution in [0, 0.1) is 0 Å². The van der Waals surface area contributed by atoms with E-state index in [4.69, 9.17) is 4.74 Å². The molecule has 1 N–H and O–H groups in total. The summed E-state index contributed by atoms with van der Waals surface area (Å²) in [4.78, 5) is 24.7. The van der Waals surface area contributed by atoms with Crippen molar-refractivity contribution >= 4 is 11.7 Å². The van der Waals surface area contributed by atoms with Crippen molar-refractivity contribution in [3.8, 4) is 5.75 Å². The molecule has 1 saturated heterocycles. The molecule has 2 rings (SSSR count). The van der Waals surface area contributed by atoms with E-state index >= 15 is 0 Å². The number of piperidine rings is 1. The standard InChI is InChI=1S/C19H28N2O3/c1-16(22)13-19(23)20-9-6-12-24-18-8-5-7-17(14-18)15-21-10-3-2-4-11-21/h5,7-8,14H,2-4,6,9-13,15H2,1H3,(H,20,23). The zero-order valence-electron chi connectivity index (χ0n) is 14.6. The number of carbonyl (C=O) groups is 2. The Morgan fingerprint density at radius 1 is 1.21 bits per heavy atom. The Balaban J connectivity index is 1.66. The number of rotatable bonds is 9. The third kappa shape index (κ3) is 7.13. The first-order valence-electron chi connectivity index (χ1n) is 8.84. The summed E-state index contributed by atoms with van der Waals surface area (Å²) in [6.45, 7) is 5.85. The highest BCUT2D eigenvalue weighted by Crippen LogP contribution is 2.17. The van der Waals surface area contributed by atoms with Crippen molar-refractivity contribution < 1.29 is 14.3 Å². The van der Waals surface area contributed by atoms with Crippen LogP contribution in [0.15, 0.2) is 24.3 Å². The van der Waals surface area contributed by atoms with Gasteiger partial charge in [0.1, 0.15) is 11.5 Å². The number of amides is 1. The van der Waals surface area contributed by atoms with Crippen molar-refractivity contribution in [1.29, 1.82) is 0 Å². The number of benzene rings is 1.